The Kier molecular flexibility index (Phi) is 5.32. The van der Waals surface area contributed by atoms with E-state index in [4.69, 9.17) is 0 Å². The van der Waals surface area contributed by atoms with E-state index < -0.39 is 0 Å². The third kappa shape index (κ3) is 4.09. The van der Waals surface area contributed by atoms with E-state index in [1.54, 1.807) is 12.1 Å². The van der Waals surface area contributed by atoms with Crippen LogP contribution in [0.1, 0.15) is 32.1 Å². The van der Waals surface area contributed by atoms with Gasteiger partial charge in [-0.05, 0) is 43.5 Å². The quantitative estimate of drug-likeness (QED) is 0.818. The summed E-state index contributed by atoms with van der Waals surface area (Å²) < 4.78 is 13.1. The summed E-state index contributed by atoms with van der Waals surface area (Å²) in [5, 5.41) is 0. The van der Waals surface area contributed by atoms with Crippen LogP contribution in [-0.2, 0) is 9.59 Å². The molecule has 0 aromatic heterocycles. The summed E-state index contributed by atoms with van der Waals surface area (Å²) in [5.41, 5.74) is 0.990. The molecule has 3 fully saturated rings. The zero-order valence-corrected chi connectivity index (χ0v) is 15.8. The number of halogens is 1. The summed E-state index contributed by atoms with van der Waals surface area (Å²) >= 11 is 0. The minimum absolute atomic E-state index is 0.0919. The van der Waals surface area contributed by atoms with Gasteiger partial charge in [-0.15, -0.1) is 0 Å². The summed E-state index contributed by atoms with van der Waals surface area (Å²) in [6, 6.07) is 6.50. The molecule has 0 spiro atoms. The number of piperazine rings is 1. The van der Waals surface area contributed by atoms with Crippen molar-refractivity contribution >= 4 is 17.5 Å². The van der Waals surface area contributed by atoms with Crippen molar-refractivity contribution in [2.75, 3.05) is 44.2 Å². The van der Waals surface area contributed by atoms with Crippen LogP contribution in [0.15, 0.2) is 24.3 Å². The van der Waals surface area contributed by atoms with Crippen molar-refractivity contribution in [3.8, 4) is 0 Å². The first kappa shape index (κ1) is 18.3. The average Bonchev–Trinajstić information content (AvgIpc) is 3.52. The zero-order valence-electron chi connectivity index (χ0n) is 15.8. The lowest BCUT2D eigenvalue weighted by Gasteiger charge is -2.36. The van der Waals surface area contributed by atoms with Crippen molar-refractivity contribution in [3.63, 3.8) is 0 Å². The van der Waals surface area contributed by atoms with Gasteiger partial charge in [0.25, 0.3) is 0 Å². The number of rotatable bonds is 3. The number of hydrogen-bond donors (Lipinski definition) is 0. The van der Waals surface area contributed by atoms with E-state index in [1.165, 1.54) is 25.0 Å². The van der Waals surface area contributed by atoms with Crippen LogP contribution in [0.25, 0.3) is 0 Å². The lowest BCUT2D eigenvalue weighted by atomic mass is 10.2. The Balaban J connectivity index is 1.27. The normalized spacial score (nSPS) is 25.9. The highest BCUT2D eigenvalue weighted by Crippen LogP contribution is 2.42. The Morgan fingerprint density at radius 3 is 1.81 bits per heavy atom. The maximum atomic E-state index is 13.1. The Hall–Kier alpha value is -2.11. The minimum Gasteiger partial charge on any atom is -0.368 e. The van der Waals surface area contributed by atoms with Crippen molar-refractivity contribution in [1.29, 1.82) is 0 Å². The van der Waals surface area contributed by atoms with E-state index in [-0.39, 0.29) is 29.5 Å². The fourth-order valence-electron chi connectivity index (χ4n) is 4.34. The number of hydrogen-bond acceptors (Lipinski definition) is 3. The molecule has 0 N–H and O–H groups in total. The van der Waals surface area contributed by atoms with Crippen molar-refractivity contribution in [2.24, 2.45) is 11.8 Å². The third-order valence-corrected chi connectivity index (χ3v) is 6.13. The Bertz CT molecular complexity index is 677. The molecule has 2 aliphatic heterocycles. The smallest absolute Gasteiger partial charge is 0.226 e. The molecule has 6 heteroatoms. The van der Waals surface area contributed by atoms with E-state index in [0.717, 1.165) is 44.7 Å². The lowest BCUT2D eigenvalue weighted by Crippen LogP contribution is -2.49. The van der Waals surface area contributed by atoms with Gasteiger partial charge in [0.2, 0.25) is 11.8 Å². The van der Waals surface area contributed by atoms with Crippen LogP contribution in [0.4, 0.5) is 10.1 Å². The van der Waals surface area contributed by atoms with E-state index >= 15 is 0 Å². The van der Waals surface area contributed by atoms with E-state index in [1.807, 2.05) is 9.80 Å². The second kappa shape index (κ2) is 7.87. The first-order valence-corrected chi connectivity index (χ1v) is 10.2. The second-order valence-electron chi connectivity index (χ2n) is 7.98. The van der Waals surface area contributed by atoms with Gasteiger partial charge < -0.3 is 14.7 Å². The number of carbonyl (C=O) groups is 2. The third-order valence-electron chi connectivity index (χ3n) is 6.13. The molecule has 3 aliphatic rings. The molecule has 27 heavy (non-hydrogen) atoms. The molecule has 0 radical (unpaired) electrons. The van der Waals surface area contributed by atoms with Gasteiger partial charge in [0.05, 0.1) is 11.8 Å². The molecule has 2 heterocycles. The van der Waals surface area contributed by atoms with Gasteiger partial charge in [-0.2, -0.15) is 0 Å². The van der Waals surface area contributed by atoms with Crippen LogP contribution in [0.2, 0.25) is 0 Å². The summed E-state index contributed by atoms with van der Waals surface area (Å²) in [6.07, 6.45) is 5.29. The van der Waals surface area contributed by atoms with Crippen LogP contribution in [0, 0.1) is 17.7 Å². The highest BCUT2D eigenvalue weighted by molar-refractivity contribution is 5.92. The SMILES string of the molecule is O=C(C1CC1C(=O)N1CCN(c2ccc(F)cc2)CC1)N1CCCCCC1. The summed E-state index contributed by atoms with van der Waals surface area (Å²) in [5.74, 6) is -0.104. The molecule has 1 saturated carbocycles. The van der Waals surface area contributed by atoms with Gasteiger partial charge in [0.15, 0.2) is 0 Å². The van der Waals surface area contributed by atoms with Crippen LogP contribution in [0.5, 0.6) is 0 Å². The first-order valence-electron chi connectivity index (χ1n) is 10.2. The van der Waals surface area contributed by atoms with Gasteiger partial charge in [-0.25, -0.2) is 4.39 Å². The van der Waals surface area contributed by atoms with Gasteiger partial charge in [0.1, 0.15) is 5.82 Å². The zero-order chi connectivity index (χ0) is 18.8. The molecule has 4 rings (SSSR count). The predicted octanol–water partition coefficient (Wildman–Crippen LogP) is 2.51. The molecule has 0 bridgehead atoms. The molecule has 2 unspecified atom stereocenters. The van der Waals surface area contributed by atoms with Crippen LogP contribution in [0.3, 0.4) is 0 Å². The monoisotopic (exact) mass is 373 g/mol. The minimum atomic E-state index is -0.235. The Morgan fingerprint density at radius 2 is 1.26 bits per heavy atom. The highest BCUT2D eigenvalue weighted by atomic mass is 19.1. The topological polar surface area (TPSA) is 43.9 Å². The van der Waals surface area contributed by atoms with Gasteiger partial charge in [0, 0.05) is 45.0 Å². The molecule has 1 aliphatic carbocycles. The highest BCUT2D eigenvalue weighted by Gasteiger charge is 2.51. The molecule has 2 amide bonds. The first-order chi connectivity index (χ1) is 13.1. The van der Waals surface area contributed by atoms with Crippen molar-refractivity contribution in [2.45, 2.75) is 32.1 Å². The molecule has 1 aromatic rings. The molecule has 2 atom stereocenters. The van der Waals surface area contributed by atoms with Crippen LogP contribution < -0.4 is 4.90 Å². The fourth-order valence-corrected chi connectivity index (χ4v) is 4.34. The number of amides is 2. The molecule has 5 nitrogen and oxygen atoms in total. The average molecular weight is 373 g/mol. The lowest BCUT2D eigenvalue weighted by molar-refractivity contribution is -0.138. The summed E-state index contributed by atoms with van der Waals surface area (Å²) in [4.78, 5) is 31.6. The summed E-state index contributed by atoms with van der Waals surface area (Å²) in [6.45, 7) is 4.53. The standard InChI is InChI=1S/C21H28FN3O2/c22-16-5-7-17(8-6-16)23-11-13-25(14-12-23)21(27)19-15-18(19)20(26)24-9-3-1-2-4-10-24/h5-8,18-19H,1-4,9-15H2. The van der Waals surface area contributed by atoms with Crippen LogP contribution >= 0.6 is 0 Å². The van der Waals surface area contributed by atoms with Gasteiger partial charge in [-0.3, -0.25) is 9.59 Å². The maximum Gasteiger partial charge on any atom is 0.226 e. The number of carbonyl (C=O) groups excluding carboxylic acids is 2. The number of benzene rings is 1. The van der Waals surface area contributed by atoms with E-state index in [2.05, 4.69) is 4.90 Å². The number of anilines is 1. The fraction of sp³-hybridized carbons (Fsp3) is 0.619. The van der Waals surface area contributed by atoms with Gasteiger partial charge in [-0.1, -0.05) is 12.8 Å². The number of likely N-dealkylation sites (tertiary alicyclic amines) is 1. The predicted molar refractivity (Wildman–Crippen MR) is 102 cm³/mol. The Morgan fingerprint density at radius 1 is 0.741 bits per heavy atom. The second-order valence-corrected chi connectivity index (χ2v) is 7.98. The molecule has 146 valence electrons. The maximum absolute atomic E-state index is 13.1. The van der Waals surface area contributed by atoms with Crippen molar-refractivity contribution in [1.82, 2.24) is 9.80 Å². The molecule has 2 saturated heterocycles. The van der Waals surface area contributed by atoms with Gasteiger partial charge >= 0.3 is 0 Å². The van der Waals surface area contributed by atoms with Crippen LogP contribution in [-0.4, -0.2) is 60.9 Å². The Labute approximate surface area is 160 Å². The van der Waals surface area contributed by atoms with Crippen molar-refractivity contribution in [3.05, 3.63) is 30.1 Å². The molecular formula is C21H28FN3O2. The largest absolute Gasteiger partial charge is 0.368 e. The summed E-state index contributed by atoms with van der Waals surface area (Å²) in [7, 11) is 0. The van der Waals surface area contributed by atoms with E-state index in [9.17, 15) is 14.0 Å². The number of nitrogens with zero attached hydrogens (tertiary/aromatic N) is 3. The van der Waals surface area contributed by atoms with Crippen molar-refractivity contribution < 1.29 is 14.0 Å². The molecule has 1 aromatic carbocycles. The van der Waals surface area contributed by atoms with E-state index in [0.29, 0.717) is 19.5 Å². The molecular weight excluding hydrogens is 345 g/mol.